The summed E-state index contributed by atoms with van der Waals surface area (Å²) < 4.78 is 5.52. The molecule has 0 saturated heterocycles. The number of ether oxygens (including phenoxy) is 1. The van der Waals surface area contributed by atoms with Crippen LogP contribution in [0.15, 0.2) is 36.4 Å². The van der Waals surface area contributed by atoms with Crippen LogP contribution < -0.4 is 16.0 Å². The zero-order chi connectivity index (χ0) is 15.2. The average molecular weight is 303 g/mol. The number of carbonyl (C=O) groups is 1. The van der Waals surface area contributed by atoms with Crippen LogP contribution in [0.4, 0.5) is 0 Å². The Hall–Kier alpha value is -2.62. The number of nitrogens with zero attached hydrogens (tertiary/aromatic N) is 2. The van der Waals surface area contributed by atoms with E-state index in [1.807, 2.05) is 11.5 Å². The number of rotatable bonds is 4. The van der Waals surface area contributed by atoms with Gasteiger partial charge in [-0.1, -0.05) is 17.7 Å². The number of hydrazine groups is 1. The molecule has 1 aromatic heterocycles. The first-order valence-electron chi connectivity index (χ1n) is 5.93. The van der Waals surface area contributed by atoms with Gasteiger partial charge in [0.25, 0.3) is 5.91 Å². The van der Waals surface area contributed by atoms with E-state index in [0.717, 1.165) is 0 Å². The van der Waals surface area contributed by atoms with Crippen LogP contribution in [0.2, 0.25) is 5.02 Å². The first kappa shape index (κ1) is 14.8. The van der Waals surface area contributed by atoms with Crippen LogP contribution >= 0.6 is 11.6 Å². The van der Waals surface area contributed by atoms with Crippen molar-refractivity contribution >= 4 is 17.5 Å². The zero-order valence-corrected chi connectivity index (χ0v) is 11.6. The Kier molecular flexibility index (Phi) is 4.72. The second kappa shape index (κ2) is 6.70. The minimum absolute atomic E-state index is 0.161. The van der Waals surface area contributed by atoms with E-state index in [-0.39, 0.29) is 12.3 Å². The van der Waals surface area contributed by atoms with Crippen LogP contribution in [0.5, 0.6) is 5.75 Å². The van der Waals surface area contributed by atoms with Crippen molar-refractivity contribution in [3.8, 4) is 11.8 Å². The molecule has 0 atom stereocenters. The average Bonchev–Trinajstić information content (AvgIpc) is 2.52. The van der Waals surface area contributed by atoms with Crippen LogP contribution in [-0.4, -0.2) is 10.9 Å². The topological polar surface area (TPSA) is 101 Å². The number of nitrogens with one attached hydrogen (secondary N) is 1. The predicted molar refractivity (Wildman–Crippen MR) is 76.4 cm³/mol. The van der Waals surface area contributed by atoms with E-state index < -0.39 is 5.91 Å². The molecule has 0 fully saturated rings. The third-order valence-electron chi connectivity index (χ3n) is 2.62. The van der Waals surface area contributed by atoms with E-state index in [9.17, 15) is 4.79 Å². The molecule has 0 unspecified atom stereocenters. The van der Waals surface area contributed by atoms with Crippen molar-refractivity contribution in [2.75, 3.05) is 0 Å². The maximum absolute atomic E-state index is 11.4. The lowest BCUT2D eigenvalue weighted by Crippen LogP contribution is -2.30. The molecule has 0 aliphatic heterocycles. The number of benzene rings is 1. The van der Waals surface area contributed by atoms with E-state index >= 15 is 0 Å². The molecule has 2 rings (SSSR count). The molecule has 106 valence electrons. The molecule has 0 aliphatic rings. The lowest BCUT2D eigenvalue weighted by molar-refractivity contribution is 0.0948. The summed E-state index contributed by atoms with van der Waals surface area (Å²) in [7, 11) is 0. The number of carbonyl (C=O) groups excluding carboxylic acids is 1. The third kappa shape index (κ3) is 3.69. The van der Waals surface area contributed by atoms with Gasteiger partial charge in [-0.2, -0.15) is 5.26 Å². The first-order chi connectivity index (χ1) is 10.1. The van der Waals surface area contributed by atoms with Gasteiger partial charge in [0.15, 0.2) is 0 Å². The maximum atomic E-state index is 11.4. The van der Waals surface area contributed by atoms with Crippen LogP contribution in [0.25, 0.3) is 0 Å². The molecule has 0 spiro atoms. The lowest BCUT2D eigenvalue weighted by atomic mass is 10.2. The summed E-state index contributed by atoms with van der Waals surface area (Å²) in [4.78, 5) is 15.5. The zero-order valence-electron chi connectivity index (χ0n) is 10.8. The SMILES string of the molecule is N#Cc1ccc(OCc2cccc(C(=O)NN)n2)cc1Cl. The fraction of sp³-hybridized carbons (Fsp3) is 0.0714. The maximum Gasteiger partial charge on any atom is 0.283 e. The number of nitrogens with two attached hydrogens (primary N) is 1. The van der Waals surface area contributed by atoms with Crippen molar-refractivity contribution in [3.63, 3.8) is 0 Å². The largest absolute Gasteiger partial charge is 0.487 e. The van der Waals surface area contributed by atoms with Crippen molar-refractivity contribution in [2.24, 2.45) is 5.84 Å². The second-order valence-electron chi connectivity index (χ2n) is 4.03. The van der Waals surface area contributed by atoms with Gasteiger partial charge in [-0.05, 0) is 24.3 Å². The van der Waals surface area contributed by atoms with Gasteiger partial charge in [0, 0.05) is 6.07 Å². The molecular weight excluding hydrogens is 292 g/mol. The number of amides is 1. The molecule has 0 bridgehead atoms. The Balaban J connectivity index is 2.08. The molecule has 6 nitrogen and oxygen atoms in total. The molecule has 3 N–H and O–H groups in total. The number of hydrogen-bond donors (Lipinski definition) is 2. The van der Waals surface area contributed by atoms with Crippen molar-refractivity contribution in [1.29, 1.82) is 5.26 Å². The summed E-state index contributed by atoms with van der Waals surface area (Å²) in [5.74, 6) is 5.09. The molecular formula is C14H11ClN4O2. The molecule has 1 aromatic carbocycles. The van der Waals surface area contributed by atoms with Crippen molar-refractivity contribution in [3.05, 3.63) is 58.4 Å². The highest BCUT2D eigenvalue weighted by Gasteiger charge is 2.07. The molecule has 7 heteroatoms. The molecule has 21 heavy (non-hydrogen) atoms. The Morgan fingerprint density at radius 1 is 1.43 bits per heavy atom. The molecule has 0 aliphatic carbocycles. The van der Waals surface area contributed by atoms with E-state index in [0.29, 0.717) is 22.0 Å². The Labute approximate surface area is 126 Å². The number of nitriles is 1. The number of aromatic nitrogens is 1. The summed E-state index contributed by atoms with van der Waals surface area (Å²) in [6.45, 7) is 0.161. The fourth-order valence-corrected chi connectivity index (χ4v) is 1.81. The van der Waals surface area contributed by atoms with Crippen LogP contribution in [0.3, 0.4) is 0 Å². The lowest BCUT2D eigenvalue weighted by Gasteiger charge is -2.07. The molecule has 2 aromatic rings. The summed E-state index contributed by atoms with van der Waals surface area (Å²) in [6, 6.07) is 11.7. The summed E-state index contributed by atoms with van der Waals surface area (Å²) in [5.41, 5.74) is 3.16. The van der Waals surface area contributed by atoms with E-state index in [4.69, 9.17) is 27.4 Å². The molecule has 1 amide bonds. The fourth-order valence-electron chi connectivity index (χ4n) is 1.59. The summed E-state index contributed by atoms with van der Waals surface area (Å²) >= 11 is 5.91. The van der Waals surface area contributed by atoms with Gasteiger partial charge in [0.2, 0.25) is 0 Å². The van der Waals surface area contributed by atoms with Gasteiger partial charge in [0.1, 0.15) is 24.1 Å². The van der Waals surface area contributed by atoms with Gasteiger partial charge in [-0.3, -0.25) is 10.2 Å². The van der Waals surface area contributed by atoms with Crippen LogP contribution in [0.1, 0.15) is 21.7 Å². The van der Waals surface area contributed by atoms with Gasteiger partial charge < -0.3 is 4.74 Å². The van der Waals surface area contributed by atoms with E-state index in [1.165, 1.54) is 0 Å². The third-order valence-corrected chi connectivity index (χ3v) is 2.93. The van der Waals surface area contributed by atoms with Gasteiger partial charge in [0.05, 0.1) is 16.3 Å². The van der Waals surface area contributed by atoms with Crippen molar-refractivity contribution < 1.29 is 9.53 Å². The van der Waals surface area contributed by atoms with Crippen molar-refractivity contribution in [2.45, 2.75) is 6.61 Å². The minimum atomic E-state index is -0.474. The van der Waals surface area contributed by atoms with Gasteiger partial charge in [-0.15, -0.1) is 0 Å². The summed E-state index contributed by atoms with van der Waals surface area (Å²) in [6.07, 6.45) is 0. The van der Waals surface area contributed by atoms with E-state index in [2.05, 4.69) is 4.98 Å². The van der Waals surface area contributed by atoms with Gasteiger partial charge in [-0.25, -0.2) is 10.8 Å². The van der Waals surface area contributed by atoms with Crippen LogP contribution in [-0.2, 0) is 6.61 Å². The Morgan fingerprint density at radius 3 is 2.90 bits per heavy atom. The summed E-state index contributed by atoms with van der Waals surface area (Å²) in [5, 5.41) is 9.11. The molecule has 0 saturated carbocycles. The Bertz CT molecular complexity index is 712. The number of pyridine rings is 1. The smallest absolute Gasteiger partial charge is 0.283 e. The van der Waals surface area contributed by atoms with E-state index in [1.54, 1.807) is 36.4 Å². The number of hydrogen-bond acceptors (Lipinski definition) is 5. The first-order valence-corrected chi connectivity index (χ1v) is 6.31. The number of halogens is 1. The second-order valence-corrected chi connectivity index (χ2v) is 4.44. The van der Waals surface area contributed by atoms with Crippen molar-refractivity contribution in [1.82, 2.24) is 10.4 Å². The molecule has 1 heterocycles. The highest BCUT2D eigenvalue weighted by atomic mass is 35.5. The molecule has 0 radical (unpaired) electrons. The van der Waals surface area contributed by atoms with Gasteiger partial charge >= 0.3 is 0 Å². The highest BCUT2D eigenvalue weighted by Crippen LogP contribution is 2.22. The normalized spacial score (nSPS) is 9.76. The minimum Gasteiger partial charge on any atom is -0.487 e. The number of nitrogen functional groups attached to an aromatic ring is 1. The highest BCUT2D eigenvalue weighted by molar-refractivity contribution is 6.31. The monoisotopic (exact) mass is 302 g/mol. The Morgan fingerprint density at radius 2 is 2.24 bits per heavy atom. The predicted octanol–water partition coefficient (Wildman–Crippen LogP) is 1.79. The standard InChI is InChI=1S/C14H11ClN4O2/c15-12-6-11(5-4-9(12)7-16)21-8-10-2-1-3-13(18-10)14(20)19-17/h1-6H,8,17H2,(H,19,20). The quantitative estimate of drug-likeness (QED) is 0.509. The van der Waals surface area contributed by atoms with Crippen LogP contribution in [0, 0.1) is 11.3 Å².